The molecule has 0 aliphatic heterocycles. The van der Waals surface area contributed by atoms with Gasteiger partial charge in [0.1, 0.15) is 5.15 Å². The minimum atomic E-state index is 0.147. The Morgan fingerprint density at radius 2 is 2.18 bits per heavy atom. The molecule has 96 valence electrons. The molecule has 0 saturated heterocycles. The van der Waals surface area contributed by atoms with Gasteiger partial charge in [-0.3, -0.25) is 0 Å². The van der Waals surface area contributed by atoms with Crippen LogP contribution in [0.2, 0.25) is 5.15 Å². The lowest BCUT2D eigenvalue weighted by molar-refractivity contribution is 0.226. The van der Waals surface area contributed by atoms with E-state index in [1.54, 1.807) is 6.07 Å². The zero-order valence-electron chi connectivity index (χ0n) is 10.4. The summed E-state index contributed by atoms with van der Waals surface area (Å²) in [6, 6.07) is 1.59. The number of halogens is 1. The van der Waals surface area contributed by atoms with Crippen LogP contribution in [0.25, 0.3) is 0 Å². The number of nitrogens with zero attached hydrogens (tertiary/aromatic N) is 2. The van der Waals surface area contributed by atoms with E-state index >= 15 is 0 Å². The monoisotopic (exact) mass is 257 g/mol. The third kappa shape index (κ3) is 5.22. The highest BCUT2D eigenvalue weighted by Crippen LogP contribution is 2.18. The number of unbranched alkanes of at least 4 members (excludes halogenated alkanes) is 1. The molecule has 1 heterocycles. The Morgan fingerprint density at radius 3 is 2.76 bits per heavy atom. The number of rotatable bonds is 7. The zero-order valence-corrected chi connectivity index (χ0v) is 11.2. The third-order valence-corrected chi connectivity index (χ3v) is 2.89. The van der Waals surface area contributed by atoms with Crippen LogP contribution in [0.5, 0.6) is 5.88 Å². The molecule has 0 aliphatic rings. The van der Waals surface area contributed by atoms with E-state index in [9.17, 15) is 0 Å². The van der Waals surface area contributed by atoms with E-state index in [4.69, 9.17) is 22.1 Å². The molecule has 0 radical (unpaired) electrons. The first-order valence-electron chi connectivity index (χ1n) is 6.08. The molecule has 0 spiro atoms. The normalized spacial score (nSPS) is 12.4. The van der Waals surface area contributed by atoms with E-state index in [-0.39, 0.29) is 5.95 Å². The smallest absolute Gasteiger partial charge is 0.224 e. The van der Waals surface area contributed by atoms with Crippen LogP contribution >= 0.6 is 11.6 Å². The van der Waals surface area contributed by atoms with Gasteiger partial charge < -0.3 is 10.5 Å². The Kier molecular flexibility index (Phi) is 6.05. The van der Waals surface area contributed by atoms with E-state index < -0.39 is 0 Å². The van der Waals surface area contributed by atoms with Crippen LogP contribution in [0.1, 0.15) is 39.5 Å². The van der Waals surface area contributed by atoms with Crippen LogP contribution in [0.3, 0.4) is 0 Å². The van der Waals surface area contributed by atoms with Crippen molar-refractivity contribution in [2.45, 2.75) is 39.5 Å². The van der Waals surface area contributed by atoms with Crippen molar-refractivity contribution in [2.24, 2.45) is 5.92 Å². The molecule has 0 fully saturated rings. The first-order valence-corrected chi connectivity index (χ1v) is 6.46. The number of nitrogens with two attached hydrogens (primary N) is 1. The van der Waals surface area contributed by atoms with Crippen LogP contribution in [0.15, 0.2) is 6.07 Å². The Balaban J connectivity index is 2.47. The van der Waals surface area contributed by atoms with E-state index in [1.165, 1.54) is 19.3 Å². The average molecular weight is 258 g/mol. The molecule has 5 heteroatoms. The van der Waals surface area contributed by atoms with E-state index in [1.807, 2.05) is 0 Å². The zero-order chi connectivity index (χ0) is 12.7. The van der Waals surface area contributed by atoms with Gasteiger partial charge in [0.05, 0.1) is 6.61 Å². The molecule has 1 rings (SSSR count). The largest absolute Gasteiger partial charge is 0.477 e. The lowest BCUT2D eigenvalue weighted by Gasteiger charge is -2.15. The maximum atomic E-state index is 5.77. The van der Waals surface area contributed by atoms with E-state index in [0.717, 1.165) is 6.42 Å². The summed E-state index contributed by atoms with van der Waals surface area (Å²) >= 11 is 5.77. The molecule has 0 saturated carbocycles. The first kappa shape index (κ1) is 14.0. The van der Waals surface area contributed by atoms with Crippen molar-refractivity contribution < 1.29 is 4.74 Å². The minimum absolute atomic E-state index is 0.147. The number of ether oxygens (including phenoxy) is 1. The second-order valence-corrected chi connectivity index (χ2v) is 4.50. The predicted molar refractivity (Wildman–Crippen MR) is 70.3 cm³/mol. The fourth-order valence-corrected chi connectivity index (χ4v) is 1.77. The fourth-order valence-electron chi connectivity index (χ4n) is 1.59. The number of anilines is 1. The van der Waals surface area contributed by atoms with Gasteiger partial charge in [0.2, 0.25) is 11.8 Å². The quantitative estimate of drug-likeness (QED) is 0.762. The molecule has 0 aliphatic carbocycles. The predicted octanol–water partition coefficient (Wildman–Crippen LogP) is 3.31. The fraction of sp³-hybridized carbons (Fsp3) is 0.667. The Morgan fingerprint density at radius 1 is 1.41 bits per heavy atom. The number of hydrogen-bond acceptors (Lipinski definition) is 4. The van der Waals surface area contributed by atoms with Crippen LogP contribution in [-0.2, 0) is 0 Å². The lowest BCUT2D eigenvalue weighted by atomic mass is 10.0. The molecule has 17 heavy (non-hydrogen) atoms. The van der Waals surface area contributed by atoms with E-state index in [2.05, 4.69) is 23.8 Å². The molecule has 1 aromatic rings. The van der Waals surface area contributed by atoms with Gasteiger partial charge in [-0.15, -0.1) is 0 Å². The molecule has 0 bridgehead atoms. The summed E-state index contributed by atoms with van der Waals surface area (Å²) in [5.41, 5.74) is 5.49. The highest BCUT2D eigenvalue weighted by Gasteiger charge is 2.08. The van der Waals surface area contributed by atoms with Crippen LogP contribution in [-0.4, -0.2) is 16.6 Å². The first-order chi connectivity index (χ1) is 8.15. The Hall–Kier alpha value is -1.03. The van der Waals surface area contributed by atoms with Crippen LogP contribution in [0, 0.1) is 5.92 Å². The lowest BCUT2D eigenvalue weighted by Crippen LogP contribution is -2.12. The van der Waals surface area contributed by atoms with Crippen molar-refractivity contribution in [1.29, 1.82) is 0 Å². The van der Waals surface area contributed by atoms with Crippen molar-refractivity contribution in [2.75, 3.05) is 12.3 Å². The molecule has 1 unspecified atom stereocenters. The molecular formula is C12H20ClN3O. The number of nitrogen functional groups attached to an aromatic ring is 1. The average Bonchev–Trinajstić information content (AvgIpc) is 2.28. The van der Waals surface area contributed by atoms with Gasteiger partial charge in [0, 0.05) is 6.07 Å². The summed E-state index contributed by atoms with van der Waals surface area (Å²) < 4.78 is 5.60. The SMILES string of the molecule is CCCCC(CC)COc1cc(Cl)nc(N)n1. The standard InChI is InChI=1S/C12H20ClN3O/c1-3-5-6-9(4-2)8-17-11-7-10(13)15-12(14)16-11/h7,9H,3-6,8H2,1-2H3,(H2,14,15,16). The molecule has 0 aromatic carbocycles. The summed E-state index contributed by atoms with van der Waals surface area (Å²) in [6.07, 6.45) is 4.73. The van der Waals surface area contributed by atoms with E-state index in [0.29, 0.717) is 23.6 Å². The van der Waals surface area contributed by atoms with Crippen molar-refractivity contribution >= 4 is 17.5 Å². The van der Waals surface area contributed by atoms with Crippen LogP contribution in [0.4, 0.5) is 5.95 Å². The van der Waals surface area contributed by atoms with Gasteiger partial charge in [-0.2, -0.15) is 4.98 Å². The van der Waals surface area contributed by atoms with Gasteiger partial charge in [-0.05, 0) is 12.3 Å². The Labute approximate surface area is 108 Å². The Bertz CT molecular complexity index is 326. The minimum Gasteiger partial charge on any atom is -0.477 e. The molecule has 4 nitrogen and oxygen atoms in total. The second kappa shape index (κ2) is 7.33. The number of aromatic nitrogens is 2. The van der Waals surface area contributed by atoms with Crippen molar-refractivity contribution in [3.63, 3.8) is 0 Å². The molecule has 2 N–H and O–H groups in total. The molecule has 0 amide bonds. The number of hydrogen-bond donors (Lipinski definition) is 1. The highest BCUT2D eigenvalue weighted by atomic mass is 35.5. The molecule has 1 atom stereocenters. The summed E-state index contributed by atoms with van der Waals surface area (Å²) in [5, 5.41) is 0.314. The van der Waals surface area contributed by atoms with Crippen molar-refractivity contribution in [3.8, 4) is 5.88 Å². The topological polar surface area (TPSA) is 61.0 Å². The maximum absolute atomic E-state index is 5.77. The second-order valence-electron chi connectivity index (χ2n) is 4.11. The summed E-state index contributed by atoms with van der Waals surface area (Å²) in [4.78, 5) is 7.76. The highest BCUT2D eigenvalue weighted by molar-refractivity contribution is 6.29. The van der Waals surface area contributed by atoms with Gasteiger partial charge >= 0.3 is 0 Å². The molecular weight excluding hydrogens is 238 g/mol. The van der Waals surface area contributed by atoms with Gasteiger partial charge in [-0.1, -0.05) is 44.7 Å². The summed E-state index contributed by atoms with van der Waals surface area (Å²) in [7, 11) is 0. The maximum Gasteiger partial charge on any atom is 0.224 e. The van der Waals surface area contributed by atoms with Crippen molar-refractivity contribution in [1.82, 2.24) is 9.97 Å². The third-order valence-electron chi connectivity index (χ3n) is 2.70. The van der Waals surface area contributed by atoms with Crippen molar-refractivity contribution in [3.05, 3.63) is 11.2 Å². The van der Waals surface area contributed by atoms with Gasteiger partial charge in [-0.25, -0.2) is 4.98 Å². The van der Waals surface area contributed by atoms with Gasteiger partial charge in [0.25, 0.3) is 0 Å². The summed E-state index contributed by atoms with van der Waals surface area (Å²) in [6.45, 7) is 5.02. The van der Waals surface area contributed by atoms with Crippen LogP contribution < -0.4 is 10.5 Å². The van der Waals surface area contributed by atoms with Gasteiger partial charge in [0.15, 0.2) is 0 Å². The summed E-state index contributed by atoms with van der Waals surface area (Å²) in [5.74, 6) is 1.16. The molecule has 1 aromatic heterocycles.